The normalized spacial score (nSPS) is 10.9. The molecule has 0 radical (unpaired) electrons. The summed E-state index contributed by atoms with van der Waals surface area (Å²) in [5.74, 6) is -0.422. The van der Waals surface area contributed by atoms with E-state index in [4.69, 9.17) is 0 Å². The van der Waals surface area contributed by atoms with Gasteiger partial charge >= 0.3 is 0 Å². The van der Waals surface area contributed by atoms with Crippen LogP contribution in [0.2, 0.25) is 0 Å². The maximum absolute atomic E-state index is 13.1. The number of H-pyrrole nitrogens is 1. The molecule has 0 aliphatic rings. The molecule has 0 atom stereocenters. The van der Waals surface area contributed by atoms with E-state index in [9.17, 15) is 19.9 Å². The minimum Gasteiger partial charge on any atom is -0.508 e. The smallest absolute Gasteiger partial charge is 0.195 e. The van der Waals surface area contributed by atoms with Crippen LogP contribution in [0.3, 0.4) is 0 Å². The zero-order valence-corrected chi connectivity index (χ0v) is 14.3. The molecule has 0 aliphatic heterocycles. The zero-order chi connectivity index (χ0) is 19.7. The number of aromatic nitrogens is 4. The Balaban J connectivity index is 2.00. The minimum atomic E-state index is -0.332. The molecule has 9 heteroatoms. The van der Waals surface area contributed by atoms with Crippen molar-refractivity contribution in [3.05, 3.63) is 70.5 Å². The van der Waals surface area contributed by atoms with E-state index < -0.39 is 0 Å². The highest BCUT2D eigenvalue weighted by Gasteiger charge is 2.24. The number of phenols is 1. The number of rotatable bonds is 5. The lowest BCUT2D eigenvalue weighted by molar-refractivity contribution is 0.104. The molecule has 0 spiro atoms. The maximum Gasteiger partial charge on any atom is 0.195 e. The monoisotopic (exact) mass is 375 g/mol. The van der Waals surface area contributed by atoms with Crippen molar-refractivity contribution >= 4 is 16.8 Å². The van der Waals surface area contributed by atoms with E-state index in [2.05, 4.69) is 25.3 Å². The first kappa shape index (κ1) is 17.3. The van der Waals surface area contributed by atoms with Crippen molar-refractivity contribution < 1.29 is 15.0 Å². The van der Waals surface area contributed by atoms with Gasteiger partial charge in [0.1, 0.15) is 23.7 Å². The summed E-state index contributed by atoms with van der Waals surface area (Å²) in [6.45, 7) is -0.299. The van der Waals surface area contributed by atoms with Crippen molar-refractivity contribution in [3.63, 3.8) is 0 Å². The molecule has 0 unspecified atom stereocenters. The average Bonchev–Trinajstić information content (AvgIpc) is 3.13. The van der Waals surface area contributed by atoms with Crippen LogP contribution in [0.25, 0.3) is 22.3 Å². The molecule has 138 valence electrons. The topological polar surface area (TPSA) is 141 Å². The summed E-state index contributed by atoms with van der Waals surface area (Å²) in [6, 6.07) is 8.82. The fourth-order valence-corrected chi connectivity index (χ4v) is 3.01. The number of carbonyl (C=O) groups excluding carboxylic acids is 1. The van der Waals surface area contributed by atoms with Crippen molar-refractivity contribution in [2.45, 2.75) is 6.54 Å². The third-order valence-corrected chi connectivity index (χ3v) is 4.28. The number of nitrogens with zero attached hydrogens (tertiary/aromatic N) is 4. The maximum atomic E-state index is 13.1. The molecule has 1 aromatic carbocycles. The summed E-state index contributed by atoms with van der Waals surface area (Å²) in [6.07, 6.45) is 2.96. The number of hydrogen-bond donors (Lipinski definition) is 3. The van der Waals surface area contributed by atoms with E-state index in [0.29, 0.717) is 22.2 Å². The number of phenolic OH excluding ortho intramolecular Hbond substituents is 1. The second-order valence-corrected chi connectivity index (χ2v) is 5.98. The summed E-state index contributed by atoms with van der Waals surface area (Å²) >= 11 is 0. The Bertz CT molecular complexity index is 1200. The Morgan fingerprint density at radius 1 is 1.11 bits per heavy atom. The van der Waals surface area contributed by atoms with Crippen LogP contribution in [0.4, 0.5) is 0 Å². The van der Waals surface area contributed by atoms with Crippen molar-refractivity contribution in [1.82, 2.24) is 20.2 Å². The molecule has 0 aliphatic carbocycles. The molecule has 4 aromatic rings. The molecule has 9 nitrogen and oxygen atoms in total. The largest absolute Gasteiger partial charge is 0.508 e. The van der Waals surface area contributed by atoms with Crippen LogP contribution in [0.15, 0.2) is 54.0 Å². The Kier molecular flexibility index (Phi) is 4.24. The Morgan fingerprint density at radius 2 is 1.89 bits per heavy atom. The zero-order valence-electron chi connectivity index (χ0n) is 14.3. The molecule has 0 fully saturated rings. The number of ketones is 1. The Morgan fingerprint density at radius 3 is 2.61 bits per heavy atom. The van der Waals surface area contributed by atoms with Crippen molar-refractivity contribution in [2.75, 3.05) is 0 Å². The quantitative estimate of drug-likeness (QED) is 0.359. The van der Waals surface area contributed by atoms with Gasteiger partial charge in [0.25, 0.3) is 0 Å². The molecular formula is C19H13N5O4. The number of nitroso groups, excluding NO2 is 1. The predicted molar refractivity (Wildman–Crippen MR) is 99.8 cm³/mol. The van der Waals surface area contributed by atoms with Crippen LogP contribution >= 0.6 is 0 Å². The van der Waals surface area contributed by atoms with Gasteiger partial charge in [0, 0.05) is 28.9 Å². The van der Waals surface area contributed by atoms with Gasteiger partial charge in [0.05, 0.1) is 11.3 Å². The first-order valence-electron chi connectivity index (χ1n) is 8.24. The Labute approximate surface area is 157 Å². The second kappa shape index (κ2) is 6.88. The third kappa shape index (κ3) is 2.84. The molecule has 0 amide bonds. The third-order valence-electron chi connectivity index (χ3n) is 4.28. The summed E-state index contributed by atoms with van der Waals surface area (Å²) in [7, 11) is 0. The van der Waals surface area contributed by atoms with Gasteiger partial charge in [-0.25, -0.2) is 0 Å². The number of carbonyl (C=O) groups is 1. The van der Waals surface area contributed by atoms with E-state index >= 15 is 0 Å². The molecule has 3 aromatic heterocycles. The Hall–Kier alpha value is -4.14. The van der Waals surface area contributed by atoms with Gasteiger partial charge in [-0.1, -0.05) is 5.18 Å². The second-order valence-electron chi connectivity index (χ2n) is 5.98. The molecule has 0 saturated heterocycles. The van der Waals surface area contributed by atoms with Crippen LogP contribution in [0, 0.1) is 4.91 Å². The van der Waals surface area contributed by atoms with Crippen LogP contribution in [-0.2, 0) is 6.54 Å². The van der Waals surface area contributed by atoms with Crippen molar-refractivity contribution in [3.8, 4) is 22.8 Å². The van der Waals surface area contributed by atoms with E-state index in [1.165, 1.54) is 42.7 Å². The number of nitrogens with one attached hydrogen (secondary N) is 1. The lowest BCUT2D eigenvalue weighted by Gasteiger charge is -2.10. The lowest BCUT2D eigenvalue weighted by atomic mass is 9.97. The number of fused-ring (bicyclic) bond motifs is 1. The molecule has 0 bridgehead atoms. The number of aromatic hydroxyl groups is 2. The SMILES string of the molecule is O=NCc1nnc2[nH]cc(C(=O)c3ccc(O)cc3)c2c1-c1ncccc1O. The fourth-order valence-electron chi connectivity index (χ4n) is 3.01. The van der Waals surface area contributed by atoms with E-state index in [-0.39, 0.29) is 40.8 Å². The van der Waals surface area contributed by atoms with Crippen molar-refractivity contribution in [1.29, 1.82) is 0 Å². The number of benzene rings is 1. The molecule has 4 rings (SSSR count). The standard InChI is InChI=1S/C19H13N5O4/c25-11-5-3-10(4-6-11)18(27)12-8-21-19-15(12)16(13(9-22-28)23-24-19)17-14(26)2-1-7-20-17/h1-8,25-26H,9H2,(H,21,24). The van der Waals surface area contributed by atoms with Crippen LogP contribution in [-0.4, -0.2) is 36.2 Å². The molecular weight excluding hydrogens is 362 g/mol. The summed E-state index contributed by atoms with van der Waals surface area (Å²) in [4.78, 5) is 31.0. The van der Waals surface area contributed by atoms with Crippen molar-refractivity contribution in [2.24, 2.45) is 5.18 Å². The van der Waals surface area contributed by atoms with E-state index in [1.807, 2.05) is 0 Å². The van der Waals surface area contributed by atoms with Gasteiger partial charge in [-0.3, -0.25) is 9.78 Å². The van der Waals surface area contributed by atoms with Gasteiger partial charge in [-0.2, -0.15) is 10.0 Å². The van der Waals surface area contributed by atoms with Crippen LogP contribution in [0.5, 0.6) is 11.5 Å². The summed E-state index contributed by atoms with van der Waals surface area (Å²) in [5.41, 5.74) is 1.59. The first-order valence-corrected chi connectivity index (χ1v) is 8.24. The first-order chi connectivity index (χ1) is 13.6. The predicted octanol–water partition coefficient (Wildman–Crippen LogP) is 2.93. The van der Waals surface area contributed by atoms with Gasteiger partial charge in [0.15, 0.2) is 11.4 Å². The highest BCUT2D eigenvalue weighted by molar-refractivity contribution is 6.18. The van der Waals surface area contributed by atoms with E-state index in [1.54, 1.807) is 6.07 Å². The van der Waals surface area contributed by atoms with Gasteiger partial charge in [-0.15, -0.1) is 5.10 Å². The van der Waals surface area contributed by atoms with Gasteiger partial charge in [0.2, 0.25) is 0 Å². The summed E-state index contributed by atoms with van der Waals surface area (Å²) < 4.78 is 0. The number of aromatic amines is 1. The van der Waals surface area contributed by atoms with Crippen LogP contribution < -0.4 is 0 Å². The van der Waals surface area contributed by atoms with Gasteiger partial charge < -0.3 is 15.2 Å². The fraction of sp³-hybridized carbons (Fsp3) is 0.0526. The molecule has 3 heterocycles. The highest BCUT2D eigenvalue weighted by Crippen LogP contribution is 2.36. The summed E-state index contributed by atoms with van der Waals surface area (Å²) in [5, 5.41) is 31.0. The lowest BCUT2D eigenvalue weighted by Crippen LogP contribution is -2.04. The molecule has 0 saturated carbocycles. The molecule has 3 N–H and O–H groups in total. The molecule has 28 heavy (non-hydrogen) atoms. The van der Waals surface area contributed by atoms with E-state index in [0.717, 1.165) is 0 Å². The number of hydrogen-bond acceptors (Lipinski definition) is 8. The van der Waals surface area contributed by atoms with Crippen LogP contribution in [0.1, 0.15) is 21.6 Å². The highest BCUT2D eigenvalue weighted by atomic mass is 16.3. The average molecular weight is 375 g/mol. The minimum absolute atomic E-state index is 0.0415. The van der Waals surface area contributed by atoms with Gasteiger partial charge in [-0.05, 0) is 36.4 Å². The number of pyridine rings is 1.